The molecule has 0 radical (unpaired) electrons. The lowest BCUT2D eigenvalue weighted by Crippen LogP contribution is -2.45. The van der Waals surface area contributed by atoms with Crippen molar-refractivity contribution in [1.29, 1.82) is 0 Å². The molecule has 1 aromatic heterocycles. The van der Waals surface area contributed by atoms with Gasteiger partial charge in [-0.15, -0.1) is 0 Å². The molecule has 1 amide bonds. The number of aromatic nitrogens is 1. The first-order chi connectivity index (χ1) is 10.3. The monoisotopic (exact) mass is 287 g/mol. The van der Waals surface area contributed by atoms with Gasteiger partial charge in [0.2, 0.25) is 5.91 Å². The van der Waals surface area contributed by atoms with Gasteiger partial charge in [0.1, 0.15) is 0 Å². The lowest BCUT2D eigenvalue weighted by molar-refractivity contribution is -0.130. The first kappa shape index (κ1) is 13.4. The molecule has 0 unspecified atom stereocenters. The highest BCUT2D eigenvalue weighted by Crippen LogP contribution is 2.36. The SMILES string of the molecule is O=C1CCCN1C1CCN(Cc2cccn2C2CC2)CC1. The molecule has 0 bridgehead atoms. The van der Waals surface area contributed by atoms with E-state index in [1.54, 1.807) is 0 Å². The molecule has 2 saturated heterocycles. The number of rotatable bonds is 4. The van der Waals surface area contributed by atoms with Crippen LogP contribution in [0.15, 0.2) is 18.3 Å². The minimum atomic E-state index is 0.385. The van der Waals surface area contributed by atoms with E-state index in [0.29, 0.717) is 11.9 Å². The van der Waals surface area contributed by atoms with Gasteiger partial charge in [-0.25, -0.2) is 0 Å². The van der Waals surface area contributed by atoms with Crippen molar-refractivity contribution < 1.29 is 4.79 Å². The Morgan fingerprint density at radius 2 is 1.86 bits per heavy atom. The smallest absolute Gasteiger partial charge is 0.222 e. The highest BCUT2D eigenvalue weighted by molar-refractivity contribution is 5.78. The van der Waals surface area contributed by atoms with Crippen LogP contribution in [0.3, 0.4) is 0 Å². The maximum absolute atomic E-state index is 11.8. The van der Waals surface area contributed by atoms with Crippen LogP contribution >= 0.6 is 0 Å². The molecule has 0 aromatic carbocycles. The number of amides is 1. The molecule has 1 saturated carbocycles. The van der Waals surface area contributed by atoms with E-state index >= 15 is 0 Å². The molecule has 114 valence electrons. The van der Waals surface area contributed by atoms with Crippen LogP contribution in [-0.2, 0) is 11.3 Å². The van der Waals surface area contributed by atoms with E-state index in [2.05, 4.69) is 32.7 Å². The summed E-state index contributed by atoms with van der Waals surface area (Å²) in [5.74, 6) is 0.385. The zero-order valence-corrected chi connectivity index (χ0v) is 12.7. The summed E-state index contributed by atoms with van der Waals surface area (Å²) in [5.41, 5.74) is 1.47. The summed E-state index contributed by atoms with van der Waals surface area (Å²) in [7, 11) is 0. The van der Waals surface area contributed by atoms with E-state index < -0.39 is 0 Å². The molecular formula is C17H25N3O. The summed E-state index contributed by atoms with van der Waals surface area (Å²) < 4.78 is 2.47. The van der Waals surface area contributed by atoms with Gasteiger partial charge >= 0.3 is 0 Å². The molecule has 2 aliphatic heterocycles. The number of hydrogen-bond donors (Lipinski definition) is 0. The van der Waals surface area contributed by atoms with Crippen LogP contribution < -0.4 is 0 Å². The van der Waals surface area contributed by atoms with Crippen LogP contribution in [0.1, 0.15) is 50.3 Å². The van der Waals surface area contributed by atoms with Crippen LogP contribution in [0, 0.1) is 0 Å². The zero-order chi connectivity index (χ0) is 14.2. The van der Waals surface area contributed by atoms with Crippen LogP contribution in [0.5, 0.6) is 0 Å². The fraction of sp³-hybridized carbons (Fsp3) is 0.706. The lowest BCUT2D eigenvalue weighted by Gasteiger charge is -2.36. The van der Waals surface area contributed by atoms with Crippen molar-refractivity contribution >= 4 is 5.91 Å². The first-order valence-corrected chi connectivity index (χ1v) is 8.49. The number of carbonyl (C=O) groups is 1. The first-order valence-electron chi connectivity index (χ1n) is 8.49. The molecule has 1 aromatic rings. The Morgan fingerprint density at radius 3 is 2.52 bits per heavy atom. The summed E-state index contributed by atoms with van der Waals surface area (Å²) in [6.07, 6.45) is 9.07. The number of piperidine rings is 1. The minimum Gasteiger partial charge on any atom is -0.347 e. The molecule has 3 heterocycles. The lowest BCUT2D eigenvalue weighted by atomic mass is 10.0. The van der Waals surface area contributed by atoms with Crippen molar-refractivity contribution in [2.75, 3.05) is 19.6 Å². The minimum absolute atomic E-state index is 0.385. The number of likely N-dealkylation sites (tertiary alicyclic amines) is 2. The van der Waals surface area contributed by atoms with E-state index in [-0.39, 0.29) is 0 Å². The predicted octanol–water partition coefficient (Wildman–Crippen LogP) is 2.41. The molecule has 21 heavy (non-hydrogen) atoms. The average Bonchev–Trinajstić information content (AvgIpc) is 3.09. The summed E-state index contributed by atoms with van der Waals surface area (Å²) in [4.78, 5) is 16.6. The van der Waals surface area contributed by atoms with Gasteiger partial charge in [0.25, 0.3) is 0 Å². The Bertz CT molecular complexity index is 512. The van der Waals surface area contributed by atoms with Crippen LogP contribution in [-0.4, -0.2) is 46.0 Å². The van der Waals surface area contributed by atoms with Crippen molar-refractivity contribution in [2.45, 2.75) is 57.2 Å². The summed E-state index contributed by atoms with van der Waals surface area (Å²) in [5, 5.41) is 0. The van der Waals surface area contributed by atoms with Gasteiger partial charge in [-0.05, 0) is 44.2 Å². The van der Waals surface area contributed by atoms with E-state index in [4.69, 9.17) is 0 Å². The predicted molar refractivity (Wildman–Crippen MR) is 81.9 cm³/mol. The fourth-order valence-electron chi connectivity index (χ4n) is 3.95. The molecule has 3 fully saturated rings. The number of carbonyl (C=O) groups excluding carboxylic acids is 1. The van der Waals surface area contributed by atoms with Crippen LogP contribution in [0.25, 0.3) is 0 Å². The van der Waals surface area contributed by atoms with Gasteiger partial charge in [0.05, 0.1) is 0 Å². The van der Waals surface area contributed by atoms with Crippen molar-refractivity contribution in [3.05, 3.63) is 24.0 Å². The number of hydrogen-bond acceptors (Lipinski definition) is 2. The van der Waals surface area contributed by atoms with Gasteiger partial charge in [-0.2, -0.15) is 0 Å². The standard InChI is InChI=1S/C17H25N3O/c21-17-4-2-10-20(17)15-7-11-18(12-8-15)13-16-3-1-9-19(16)14-5-6-14/h1,3,9,14-15H,2,4-8,10-13H2. The second-order valence-corrected chi connectivity index (χ2v) is 6.84. The highest BCUT2D eigenvalue weighted by Gasteiger charge is 2.31. The van der Waals surface area contributed by atoms with Gasteiger partial charge in [0.15, 0.2) is 0 Å². The molecule has 1 aliphatic carbocycles. The zero-order valence-electron chi connectivity index (χ0n) is 12.7. The Hall–Kier alpha value is -1.29. The van der Waals surface area contributed by atoms with E-state index in [1.807, 2.05) is 0 Å². The van der Waals surface area contributed by atoms with Crippen molar-refractivity contribution in [1.82, 2.24) is 14.4 Å². The molecule has 4 heteroatoms. The second-order valence-electron chi connectivity index (χ2n) is 6.84. The Labute approximate surface area is 126 Å². The molecule has 0 N–H and O–H groups in total. The van der Waals surface area contributed by atoms with Crippen LogP contribution in [0.4, 0.5) is 0 Å². The third-order valence-corrected chi connectivity index (χ3v) is 5.30. The summed E-state index contributed by atoms with van der Waals surface area (Å²) in [6, 6.07) is 5.73. The van der Waals surface area contributed by atoms with E-state index in [1.165, 1.54) is 18.5 Å². The molecule has 0 atom stereocenters. The van der Waals surface area contributed by atoms with Crippen molar-refractivity contribution in [3.63, 3.8) is 0 Å². The molecule has 3 aliphatic rings. The van der Waals surface area contributed by atoms with Gasteiger partial charge in [-0.3, -0.25) is 9.69 Å². The molecular weight excluding hydrogens is 262 g/mol. The van der Waals surface area contributed by atoms with E-state index in [9.17, 15) is 4.79 Å². The third kappa shape index (κ3) is 2.73. The van der Waals surface area contributed by atoms with Gasteiger partial charge in [0, 0.05) is 56.6 Å². The summed E-state index contributed by atoms with van der Waals surface area (Å²) >= 11 is 0. The quantitative estimate of drug-likeness (QED) is 0.851. The second kappa shape index (κ2) is 5.48. The topological polar surface area (TPSA) is 28.5 Å². The third-order valence-electron chi connectivity index (χ3n) is 5.30. The van der Waals surface area contributed by atoms with Crippen molar-refractivity contribution in [3.8, 4) is 0 Å². The normalized spacial score (nSPS) is 25.0. The maximum atomic E-state index is 11.8. The number of nitrogens with zero attached hydrogens (tertiary/aromatic N) is 3. The molecule has 0 spiro atoms. The van der Waals surface area contributed by atoms with Crippen molar-refractivity contribution in [2.24, 2.45) is 0 Å². The fourth-order valence-corrected chi connectivity index (χ4v) is 3.95. The van der Waals surface area contributed by atoms with Gasteiger partial charge in [-0.1, -0.05) is 0 Å². The molecule has 4 rings (SSSR count). The van der Waals surface area contributed by atoms with Gasteiger partial charge < -0.3 is 9.47 Å². The maximum Gasteiger partial charge on any atom is 0.222 e. The van der Waals surface area contributed by atoms with E-state index in [0.717, 1.165) is 57.9 Å². The molecule has 4 nitrogen and oxygen atoms in total. The average molecular weight is 287 g/mol. The Kier molecular flexibility index (Phi) is 3.49. The Morgan fingerprint density at radius 1 is 1.05 bits per heavy atom. The van der Waals surface area contributed by atoms with Crippen LogP contribution in [0.2, 0.25) is 0 Å². The Balaban J connectivity index is 1.33. The summed E-state index contributed by atoms with van der Waals surface area (Å²) in [6.45, 7) is 4.33. The largest absolute Gasteiger partial charge is 0.347 e. The highest BCUT2D eigenvalue weighted by atomic mass is 16.2.